The summed E-state index contributed by atoms with van der Waals surface area (Å²) in [5, 5.41) is 2.81. The lowest BCUT2D eigenvalue weighted by Crippen LogP contribution is -2.51. The normalized spacial score (nSPS) is 20.4. The smallest absolute Gasteiger partial charge is 0.379 e. The van der Waals surface area contributed by atoms with Crippen LogP contribution in [0.5, 0.6) is 0 Å². The molecule has 6 nitrogen and oxygen atoms in total. The molecular formula is C24H22ClF5N4O2S. The molecule has 13 heteroatoms. The molecule has 198 valence electrons. The Hall–Kier alpha value is -2.41. The Morgan fingerprint density at radius 2 is 1.97 bits per heavy atom. The molecule has 0 amide bonds. The second-order valence-corrected chi connectivity index (χ2v) is 10.4. The highest BCUT2D eigenvalue weighted by atomic mass is 35.5. The van der Waals surface area contributed by atoms with E-state index in [1.165, 1.54) is 11.7 Å². The van der Waals surface area contributed by atoms with E-state index in [-0.39, 0.29) is 40.0 Å². The minimum absolute atomic E-state index is 0.0366. The number of ether oxygens (including phenoxy) is 1. The highest BCUT2D eigenvalue weighted by molar-refractivity contribution is 7.99. The van der Waals surface area contributed by atoms with E-state index in [9.17, 15) is 22.4 Å². The molecular weight excluding hydrogens is 539 g/mol. The highest BCUT2D eigenvalue weighted by Crippen LogP contribution is 2.49. The summed E-state index contributed by atoms with van der Waals surface area (Å²) in [6.07, 6.45) is -5.43. The number of piperazine rings is 1. The molecule has 2 aliphatic rings. The molecule has 1 aromatic heterocycles. The van der Waals surface area contributed by atoms with Gasteiger partial charge in [0.1, 0.15) is 17.5 Å². The molecule has 1 N–H and O–H groups in total. The maximum atomic E-state index is 15.1. The zero-order valence-corrected chi connectivity index (χ0v) is 21.3. The zero-order valence-electron chi connectivity index (χ0n) is 19.8. The van der Waals surface area contributed by atoms with E-state index < -0.39 is 51.3 Å². The van der Waals surface area contributed by atoms with Crippen LogP contribution < -0.4 is 15.9 Å². The average molecular weight is 561 g/mol. The molecule has 3 aromatic rings. The van der Waals surface area contributed by atoms with Gasteiger partial charge in [-0.2, -0.15) is 18.2 Å². The molecule has 0 aliphatic carbocycles. The lowest BCUT2D eigenvalue weighted by atomic mass is 9.95. The first kappa shape index (κ1) is 26.2. The van der Waals surface area contributed by atoms with E-state index in [2.05, 4.69) is 10.3 Å². The first-order chi connectivity index (χ1) is 17.5. The summed E-state index contributed by atoms with van der Waals surface area (Å²) in [6.45, 7) is 3.49. The molecule has 0 radical (unpaired) electrons. The topological polar surface area (TPSA) is 59.4 Å². The summed E-state index contributed by atoms with van der Waals surface area (Å²) in [6, 6.07) is 2.07. The number of rotatable bonds is 3. The summed E-state index contributed by atoms with van der Waals surface area (Å²) >= 11 is 6.90. The fourth-order valence-corrected chi connectivity index (χ4v) is 6.34. The quantitative estimate of drug-likeness (QED) is 0.362. The predicted octanol–water partition coefficient (Wildman–Crippen LogP) is 4.93. The molecule has 37 heavy (non-hydrogen) atoms. The van der Waals surface area contributed by atoms with E-state index in [1.54, 1.807) is 4.90 Å². The van der Waals surface area contributed by atoms with E-state index in [4.69, 9.17) is 16.3 Å². The van der Waals surface area contributed by atoms with Crippen LogP contribution in [0.25, 0.3) is 22.0 Å². The Morgan fingerprint density at radius 1 is 1.22 bits per heavy atom. The standard InChI is InChI=1S/C24H22ClF5N4O2S/c1-11-8-31-3-4-33(11)22-14-5-15(24(28,29)30)19(13-6-16(25)18(27)7-17(13)26)21-20(14)34(23(35)32-22)9-12(36-2)10-37-21/h5-7,11-12,31H,3-4,8-10H2,1-2H3/t11-,12+/m0/s1. The molecule has 0 unspecified atom stereocenters. The second kappa shape index (κ2) is 9.72. The minimum atomic E-state index is -4.91. The van der Waals surface area contributed by atoms with Crippen molar-refractivity contribution in [3.8, 4) is 11.1 Å². The van der Waals surface area contributed by atoms with E-state index >= 15 is 4.39 Å². The molecule has 0 bridgehead atoms. The minimum Gasteiger partial charge on any atom is -0.379 e. The second-order valence-electron chi connectivity index (χ2n) is 9.01. The van der Waals surface area contributed by atoms with Crippen molar-refractivity contribution < 1.29 is 26.7 Å². The van der Waals surface area contributed by atoms with Crippen LogP contribution in [0.4, 0.5) is 27.8 Å². The number of hydrogen-bond donors (Lipinski definition) is 1. The van der Waals surface area contributed by atoms with Crippen molar-refractivity contribution in [2.45, 2.75) is 36.7 Å². The van der Waals surface area contributed by atoms with Gasteiger partial charge in [0, 0.05) is 66.0 Å². The third-order valence-corrected chi connectivity index (χ3v) is 8.20. The largest absolute Gasteiger partial charge is 0.417 e. The fourth-order valence-electron chi connectivity index (χ4n) is 4.86. The number of aromatic nitrogens is 2. The number of anilines is 1. The fraction of sp³-hybridized carbons (Fsp3) is 0.417. The molecule has 2 aliphatic heterocycles. The van der Waals surface area contributed by atoms with Crippen molar-refractivity contribution in [1.29, 1.82) is 0 Å². The van der Waals surface area contributed by atoms with Crippen LogP contribution in [-0.4, -0.2) is 54.2 Å². The van der Waals surface area contributed by atoms with Gasteiger partial charge in [-0.15, -0.1) is 11.8 Å². The van der Waals surface area contributed by atoms with Gasteiger partial charge >= 0.3 is 11.9 Å². The van der Waals surface area contributed by atoms with Gasteiger partial charge in [0.05, 0.1) is 28.8 Å². The van der Waals surface area contributed by atoms with Gasteiger partial charge in [-0.25, -0.2) is 13.6 Å². The highest BCUT2D eigenvalue weighted by Gasteiger charge is 2.39. The number of nitrogens with one attached hydrogen (secondary N) is 1. The molecule has 1 saturated heterocycles. The number of thioether (sulfide) groups is 1. The van der Waals surface area contributed by atoms with Crippen molar-refractivity contribution >= 4 is 40.1 Å². The molecule has 2 atom stereocenters. The SMILES string of the molecule is CO[C@H]1CSc2c(-c3cc(Cl)c(F)cc3F)c(C(F)(F)F)cc3c(N4CCNC[C@@H]4C)nc(=O)n(c23)C1. The van der Waals surface area contributed by atoms with Crippen LogP contribution >= 0.6 is 23.4 Å². The number of methoxy groups -OCH3 is 1. The number of alkyl halides is 3. The van der Waals surface area contributed by atoms with Crippen LogP contribution in [-0.2, 0) is 17.5 Å². The van der Waals surface area contributed by atoms with Crippen LogP contribution in [0.3, 0.4) is 0 Å². The Bertz CT molecular complexity index is 1450. The van der Waals surface area contributed by atoms with E-state index in [0.29, 0.717) is 25.7 Å². The maximum absolute atomic E-state index is 15.1. The maximum Gasteiger partial charge on any atom is 0.417 e. The summed E-state index contributed by atoms with van der Waals surface area (Å²) in [5.41, 5.74) is -2.59. The zero-order chi connectivity index (χ0) is 26.6. The third kappa shape index (κ3) is 4.58. The first-order valence-electron chi connectivity index (χ1n) is 11.5. The molecule has 3 heterocycles. The van der Waals surface area contributed by atoms with Gasteiger partial charge in [0.2, 0.25) is 0 Å². The lowest BCUT2D eigenvalue weighted by molar-refractivity contribution is -0.137. The molecule has 0 saturated carbocycles. The van der Waals surface area contributed by atoms with Crippen molar-refractivity contribution in [1.82, 2.24) is 14.9 Å². The number of nitrogens with zero attached hydrogens (tertiary/aromatic N) is 3. The van der Waals surface area contributed by atoms with Crippen LogP contribution in [0.15, 0.2) is 27.9 Å². The lowest BCUT2D eigenvalue weighted by Gasteiger charge is -2.36. The van der Waals surface area contributed by atoms with Gasteiger partial charge in [-0.05, 0) is 19.1 Å². The van der Waals surface area contributed by atoms with E-state index in [0.717, 1.165) is 23.9 Å². The molecule has 2 aromatic carbocycles. The summed E-state index contributed by atoms with van der Waals surface area (Å²) in [4.78, 5) is 19.4. The van der Waals surface area contributed by atoms with Crippen LogP contribution in [0.1, 0.15) is 12.5 Å². The van der Waals surface area contributed by atoms with Gasteiger partial charge in [0.15, 0.2) is 0 Å². The van der Waals surface area contributed by atoms with E-state index in [1.807, 2.05) is 6.92 Å². The van der Waals surface area contributed by atoms with Gasteiger partial charge in [-0.3, -0.25) is 4.57 Å². The summed E-state index contributed by atoms with van der Waals surface area (Å²) in [7, 11) is 1.44. The van der Waals surface area contributed by atoms with Crippen molar-refractivity contribution in [3.63, 3.8) is 0 Å². The van der Waals surface area contributed by atoms with Crippen LogP contribution in [0.2, 0.25) is 5.02 Å². The summed E-state index contributed by atoms with van der Waals surface area (Å²) < 4.78 is 79.6. The average Bonchev–Trinajstić information content (AvgIpc) is 3.04. The van der Waals surface area contributed by atoms with Gasteiger partial charge < -0.3 is 15.0 Å². The monoisotopic (exact) mass is 560 g/mol. The first-order valence-corrected chi connectivity index (χ1v) is 12.8. The van der Waals surface area contributed by atoms with Crippen molar-refractivity contribution in [2.24, 2.45) is 0 Å². The Morgan fingerprint density at radius 3 is 2.65 bits per heavy atom. The predicted molar refractivity (Wildman–Crippen MR) is 133 cm³/mol. The van der Waals surface area contributed by atoms with Crippen molar-refractivity contribution in [2.75, 3.05) is 37.4 Å². The molecule has 1 fully saturated rings. The number of benzene rings is 2. The Balaban J connectivity index is 1.95. The number of hydrogen-bond acceptors (Lipinski definition) is 6. The van der Waals surface area contributed by atoms with Crippen molar-refractivity contribution in [3.05, 3.63) is 50.9 Å². The number of halogens is 6. The Kier molecular flexibility index (Phi) is 6.88. The summed E-state index contributed by atoms with van der Waals surface area (Å²) in [5.74, 6) is -1.96. The molecule has 0 spiro atoms. The van der Waals surface area contributed by atoms with Gasteiger partial charge in [-0.1, -0.05) is 11.6 Å². The Labute approximate surface area is 217 Å². The van der Waals surface area contributed by atoms with Gasteiger partial charge in [0.25, 0.3) is 0 Å². The van der Waals surface area contributed by atoms with Crippen LogP contribution in [0, 0.1) is 11.6 Å². The third-order valence-electron chi connectivity index (χ3n) is 6.69. The molecule has 5 rings (SSSR count).